The van der Waals surface area contributed by atoms with E-state index in [1.54, 1.807) is 0 Å². The van der Waals surface area contributed by atoms with Crippen molar-refractivity contribution in [1.29, 1.82) is 0 Å². The molecule has 5 heteroatoms. The van der Waals surface area contributed by atoms with Crippen molar-refractivity contribution in [3.63, 3.8) is 0 Å². The number of piperidine rings is 1. The van der Waals surface area contributed by atoms with Crippen molar-refractivity contribution < 1.29 is 9.90 Å². The third-order valence-corrected chi connectivity index (χ3v) is 2.39. The fraction of sp³-hybridized carbons (Fsp3) is 0.889. The second-order valence-corrected chi connectivity index (χ2v) is 3.65. The van der Waals surface area contributed by atoms with Crippen molar-refractivity contribution in [3.8, 4) is 0 Å². The summed E-state index contributed by atoms with van der Waals surface area (Å²) >= 11 is 0. The van der Waals surface area contributed by atoms with Crippen LogP contribution in [0.25, 0.3) is 0 Å². The van der Waals surface area contributed by atoms with Crippen LogP contribution < -0.4 is 11.1 Å². The first-order chi connectivity index (χ1) is 6.72. The van der Waals surface area contributed by atoms with Gasteiger partial charge in [0.15, 0.2) is 0 Å². The van der Waals surface area contributed by atoms with E-state index >= 15 is 0 Å². The lowest BCUT2D eigenvalue weighted by Gasteiger charge is -2.28. The summed E-state index contributed by atoms with van der Waals surface area (Å²) < 4.78 is 0. The monoisotopic (exact) mass is 201 g/mol. The summed E-state index contributed by atoms with van der Waals surface area (Å²) in [4.78, 5) is 13.3. The molecular weight excluding hydrogens is 182 g/mol. The van der Waals surface area contributed by atoms with E-state index in [0.717, 1.165) is 25.9 Å². The van der Waals surface area contributed by atoms with Crippen molar-refractivity contribution in [2.24, 2.45) is 5.73 Å². The number of aliphatic hydroxyl groups is 1. The maximum atomic E-state index is 11.3. The van der Waals surface area contributed by atoms with E-state index in [1.165, 1.54) is 0 Å². The van der Waals surface area contributed by atoms with Gasteiger partial charge in [-0.2, -0.15) is 0 Å². The molecule has 14 heavy (non-hydrogen) atoms. The SMILES string of the molecule is NCCNC(=O)CN1CCC(O)CC1. The van der Waals surface area contributed by atoms with E-state index in [1.807, 2.05) is 0 Å². The molecule has 0 atom stereocenters. The molecule has 5 nitrogen and oxygen atoms in total. The van der Waals surface area contributed by atoms with Gasteiger partial charge in [-0.05, 0) is 12.8 Å². The molecule has 0 radical (unpaired) electrons. The molecule has 0 aromatic rings. The molecule has 1 amide bonds. The topological polar surface area (TPSA) is 78.6 Å². The molecule has 0 saturated carbocycles. The number of hydrogen-bond donors (Lipinski definition) is 3. The zero-order valence-corrected chi connectivity index (χ0v) is 8.41. The molecule has 1 aliphatic heterocycles. The van der Waals surface area contributed by atoms with E-state index in [2.05, 4.69) is 10.2 Å². The Balaban J connectivity index is 2.14. The van der Waals surface area contributed by atoms with Gasteiger partial charge in [-0.1, -0.05) is 0 Å². The number of amides is 1. The fourth-order valence-electron chi connectivity index (χ4n) is 1.55. The van der Waals surface area contributed by atoms with Crippen LogP contribution in [0.2, 0.25) is 0 Å². The van der Waals surface area contributed by atoms with Crippen molar-refractivity contribution in [2.45, 2.75) is 18.9 Å². The zero-order chi connectivity index (χ0) is 10.4. The van der Waals surface area contributed by atoms with Crippen LogP contribution in [-0.2, 0) is 4.79 Å². The quantitative estimate of drug-likeness (QED) is 0.518. The second kappa shape index (κ2) is 5.95. The maximum absolute atomic E-state index is 11.3. The summed E-state index contributed by atoms with van der Waals surface area (Å²) in [6.07, 6.45) is 1.35. The standard InChI is InChI=1S/C9H19N3O2/c10-3-4-11-9(14)7-12-5-1-8(13)2-6-12/h8,13H,1-7,10H2,(H,11,14). The zero-order valence-electron chi connectivity index (χ0n) is 8.41. The Hall–Kier alpha value is -0.650. The van der Waals surface area contributed by atoms with E-state index in [-0.39, 0.29) is 12.0 Å². The molecule has 0 aromatic carbocycles. The van der Waals surface area contributed by atoms with Crippen LogP contribution in [0, 0.1) is 0 Å². The molecule has 0 spiro atoms. The number of likely N-dealkylation sites (tertiary alicyclic amines) is 1. The molecule has 1 aliphatic rings. The summed E-state index contributed by atoms with van der Waals surface area (Å²) in [5.74, 6) is 0.0202. The lowest BCUT2D eigenvalue weighted by Crippen LogP contribution is -2.43. The number of carbonyl (C=O) groups excluding carboxylic acids is 1. The molecule has 1 heterocycles. The van der Waals surface area contributed by atoms with E-state index < -0.39 is 0 Å². The summed E-state index contributed by atoms with van der Waals surface area (Å²) in [7, 11) is 0. The predicted octanol–water partition coefficient (Wildman–Crippen LogP) is -1.48. The first kappa shape index (κ1) is 11.4. The molecule has 0 aliphatic carbocycles. The molecule has 0 unspecified atom stereocenters. The summed E-state index contributed by atoms with van der Waals surface area (Å²) in [5, 5.41) is 12.0. The summed E-state index contributed by atoms with van der Waals surface area (Å²) in [5.41, 5.74) is 5.27. The van der Waals surface area contributed by atoms with Crippen LogP contribution in [0.1, 0.15) is 12.8 Å². The van der Waals surface area contributed by atoms with Gasteiger partial charge in [-0.15, -0.1) is 0 Å². The van der Waals surface area contributed by atoms with Crippen molar-refractivity contribution in [1.82, 2.24) is 10.2 Å². The lowest BCUT2D eigenvalue weighted by molar-refractivity contribution is -0.122. The van der Waals surface area contributed by atoms with Crippen LogP contribution in [0.15, 0.2) is 0 Å². The van der Waals surface area contributed by atoms with Gasteiger partial charge in [0.2, 0.25) is 5.91 Å². The fourth-order valence-corrected chi connectivity index (χ4v) is 1.55. The first-order valence-corrected chi connectivity index (χ1v) is 5.09. The Labute approximate surface area is 84.3 Å². The smallest absolute Gasteiger partial charge is 0.234 e. The number of aliphatic hydroxyl groups excluding tert-OH is 1. The molecule has 0 bridgehead atoms. The minimum atomic E-state index is -0.182. The van der Waals surface area contributed by atoms with E-state index in [9.17, 15) is 9.90 Å². The van der Waals surface area contributed by atoms with Crippen LogP contribution >= 0.6 is 0 Å². The normalized spacial score (nSPS) is 19.6. The highest BCUT2D eigenvalue weighted by Gasteiger charge is 2.18. The largest absolute Gasteiger partial charge is 0.393 e. The molecule has 1 saturated heterocycles. The average Bonchev–Trinajstić information content (AvgIpc) is 2.18. The van der Waals surface area contributed by atoms with Crippen molar-refractivity contribution >= 4 is 5.91 Å². The number of hydrogen-bond acceptors (Lipinski definition) is 4. The molecule has 0 aromatic heterocycles. The Kier molecular flexibility index (Phi) is 4.86. The molecule has 1 fully saturated rings. The average molecular weight is 201 g/mol. The minimum absolute atomic E-state index is 0.0202. The van der Waals surface area contributed by atoms with Crippen LogP contribution in [-0.4, -0.2) is 54.7 Å². The predicted molar refractivity (Wildman–Crippen MR) is 53.7 cm³/mol. The second-order valence-electron chi connectivity index (χ2n) is 3.65. The van der Waals surface area contributed by atoms with Gasteiger partial charge in [0.1, 0.15) is 0 Å². The van der Waals surface area contributed by atoms with Gasteiger partial charge in [0, 0.05) is 26.2 Å². The van der Waals surface area contributed by atoms with Gasteiger partial charge >= 0.3 is 0 Å². The molecular formula is C9H19N3O2. The summed E-state index contributed by atoms with van der Waals surface area (Å²) in [6.45, 7) is 3.04. The molecule has 1 rings (SSSR count). The van der Waals surface area contributed by atoms with Gasteiger partial charge in [0.05, 0.1) is 12.6 Å². The lowest BCUT2D eigenvalue weighted by atomic mass is 10.1. The van der Waals surface area contributed by atoms with Crippen molar-refractivity contribution in [3.05, 3.63) is 0 Å². The Morgan fingerprint density at radius 1 is 1.50 bits per heavy atom. The van der Waals surface area contributed by atoms with Gasteiger partial charge in [-0.3, -0.25) is 9.69 Å². The van der Waals surface area contributed by atoms with Gasteiger partial charge in [0.25, 0.3) is 0 Å². The van der Waals surface area contributed by atoms with Crippen molar-refractivity contribution in [2.75, 3.05) is 32.7 Å². The highest BCUT2D eigenvalue weighted by molar-refractivity contribution is 5.77. The molecule has 82 valence electrons. The number of nitrogens with one attached hydrogen (secondary N) is 1. The highest BCUT2D eigenvalue weighted by atomic mass is 16.3. The Morgan fingerprint density at radius 2 is 2.14 bits per heavy atom. The van der Waals surface area contributed by atoms with Crippen LogP contribution in [0.5, 0.6) is 0 Å². The minimum Gasteiger partial charge on any atom is -0.393 e. The van der Waals surface area contributed by atoms with Crippen LogP contribution in [0.3, 0.4) is 0 Å². The molecule has 4 N–H and O–H groups in total. The number of nitrogens with zero attached hydrogens (tertiary/aromatic N) is 1. The van der Waals surface area contributed by atoms with Gasteiger partial charge in [-0.25, -0.2) is 0 Å². The van der Waals surface area contributed by atoms with E-state index in [4.69, 9.17) is 5.73 Å². The Morgan fingerprint density at radius 3 is 2.71 bits per heavy atom. The maximum Gasteiger partial charge on any atom is 0.234 e. The van der Waals surface area contributed by atoms with Crippen LogP contribution in [0.4, 0.5) is 0 Å². The Bertz CT molecular complexity index is 179. The van der Waals surface area contributed by atoms with E-state index in [0.29, 0.717) is 19.6 Å². The number of rotatable bonds is 4. The highest BCUT2D eigenvalue weighted by Crippen LogP contribution is 2.08. The summed E-state index contributed by atoms with van der Waals surface area (Å²) in [6, 6.07) is 0. The third-order valence-electron chi connectivity index (χ3n) is 2.39. The number of carbonyl (C=O) groups is 1. The van der Waals surface area contributed by atoms with Gasteiger partial charge < -0.3 is 16.2 Å². The first-order valence-electron chi connectivity index (χ1n) is 5.09. The third kappa shape index (κ3) is 4.04. The number of nitrogens with two attached hydrogens (primary N) is 1.